The maximum atomic E-state index is 14.8. The van der Waals surface area contributed by atoms with Crippen molar-refractivity contribution >= 4 is 35.0 Å². The Balaban J connectivity index is 1.64. The second-order valence-electron chi connectivity index (χ2n) is 6.87. The van der Waals surface area contributed by atoms with E-state index in [1.807, 2.05) is 4.90 Å². The fourth-order valence-corrected chi connectivity index (χ4v) is 3.25. The number of nitrogens with two attached hydrogens (primary N) is 2. The second kappa shape index (κ2) is 8.76. The molecule has 1 aromatic carbocycles. The largest absolute Gasteiger partial charge is 0.442 e. The van der Waals surface area contributed by atoms with Crippen molar-refractivity contribution in [2.45, 2.75) is 25.9 Å². The molecule has 0 aromatic heterocycles. The first kappa shape index (κ1) is 20.4. The van der Waals surface area contributed by atoms with Crippen LogP contribution >= 0.6 is 0 Å². The highest BCUT2D eigenvalue weighted by Gasteiger charge is 2.33. The molecule has 11 heteroatoms. The summed E-state index contributed by atoms with van der Waals surface area (Å²) in [5.41, 5.74) is 12.3. The van der Waals surface area contributed by atoms with Crippen LogP contribution in [0.4, 0.5) is 20.6 Å². The van der Waals surface area contributed by atoms with Gasteiger partial charge in [0.1, 0.15) is 11.9 Å². The van der Waals surface area contributed by atoms with Crippen molar-refractivity contribution in [3.63, 3.8) is 0 Å². The second-order valence-corrected chi connectivity index (χ2v) is 6.87. The molecule has 0 bridgehead atoms. The van der Waals surface area contributed by atoms with Crippen LogP contribution in [0.1, 0.15) is 19.8 Å². The number of cyclic esters (lactones) is 1. The van der Waals surface area contributed by atoms with Gasteiger partial charge in [0.25, 0.3) is 0 Å². The zero-order chi connectivity index (χ0) is 21.0. The van der Waals surface area contributed by atoms with Crippen LogP contribution in [-0.2, 0) is 9.53 Å². The predicted molar refractivity (Wildman–Crippen MR) is 107 cm³/mol. The molecular weight excluding hydrogens is 381 g/mol. The standard InChI is InChI=1S/C18H24FN7O3/c1-11(27)22-9-14-10-26(18(28)29-14)13-2-3-16(15(19)8-13)25-6-4-12(5-7-25)23-24-17(20)21/h2-3,8,14H,4-7,9-10H2,1H3,(H,22,27)(H4,20,21,24). The van der Waals surface area contributed by atoms with Gasteiger partial charge in [0.2, 0.25) is 11.9 Å². The number of carbonyl (C=O) groups excluding carboxylic acids is 2. The van der Waals surface area contributed by atoms with Crippen LogP contribution in [0, 0.1) is 5.82 Å². The molecule has 0 aliphatic carbocycles. The van der Waals surface area contributed by atoms with Gasteiger partial charge in [-0.25, -0.2) is 9.18 Å². The number of nitrogens with one attached hydrogen (secondary N) is 1. The summed E-state index contributed by atoms with van der Waals surface area (Å²) in [7, 11) is 0. The molecule has 5 N–H and O–H groups in total. The minimum Gasteiger partial charge on any atom is -0.442 e. The number of hydrogen-bond acceptors (Lipinski definition) is 6. The SMILES string of the molecule is CC(=O)NCC1CN(c2ccc(N3CCC(=NN=C(N)N)CC3)c(F)c2)C(=O)O1. The Labute approximate surface area is 167 Å². The van der Waals surface area contributed by atoms with Gasteiger partial charge >= 0.3 is 6.09 Å². The summed E-state index contributed by atoms with van der Waals surface area (Å²) in [5.74, 6) is -0.727. The molecule has 2 saturated heterocycles. The van der Waals surface area contributed by atoms with E-state index in [4.69, 9.17) is 16.2 Å². The molecule has 29 heavy (non-hydrogen) atoms. The zero-order valence-electron chi connectivity index (χ0n) is 16.1. The lowest BCUT2D eigenvalue weighted by Gasteiger charge is -2.30. The number of guanidine groups is 1. The number of carbonyl (C=O) groups is 2. The van der Waals surface area contributed by atoms with Crippen LogP contribution < -0.4 is 26.6 Å². The quantitative estimate of drug-likeness (QED) is 0.371. The normalized spacial score (nSPS) is 19.0. The van der Waals surface area contributed by atoms with Crippen molar-refractivity contribution in [2.75, 3.05) is 36.0 Å². The molecule has 0 saturated carbocycles. The molecular formula is C18H24FN7O3. The van der Waals surface area contributed by atoms with Crippen LogP contribution in [-0.4, -0.2) is 56.0 Å². The number of hydrogen-bond donors (Lipinski definition) is 3. The number of rotatable bonds is 5. The molecule has 2 fully saturated rings. The van der Waals surface area contributed by atoms with E-state index >= 15 is 0 Å². The van der Waals surface area contributed by atoms with Gasteiger partial charge in [-0.15, -0.1) is 5.10 Å². The Hall–Kier alpha value is -3.37. The summed E-state index contributed by atoms with van der Waals surface area (Å²) in [5, 5.41) is 10.2. The number of piperidine rings is 1. The Morgan fingerprint density at radius 3 is 2.69 bits per heavy atom. The number of anilines is 2. The van der Waals surface area contributed by atoms with Gasteiger partial charge in [0.05, 0.1) is 24.5 Å². The van der Waals surface area contributed by atoms with E-state index in [1.54, 1.807) is 12.1 Å². The van der Waals surface area contributed by atoms with Crippen molar-refractivity contribution in [1.29, 1.82) is 0 Å². The molecule has 1 aromatic rings. The number of amides is 2. The molecule has 2 heterocycles. The highest BCUT2D eigenvalue weighted by atomic mass is 19.1. The minimum atomic E-state index is -0.564. The summed E-state index contributed by atoms with van der Waals surface area (Å²) < 4.78 is 20.0. The van der Waals surface area contributed by atoms with Crippen LogP contribution in [0.25, 0.3) is 0 Å². The van der Waals surface area contributed by atoms with Crippen LogP contribution in [0.2, 0.25) is 0 Å². The summed E-state index contributed by atoms with van der Waals surface area (Å²) in [4.78, 5) is 26.4. The fourth-order valence-electron chi connectivity index (χ4n) is 3.25. The summed E-state index contributed by atoms with van der Waals surface area (Å²) in [6, 6.07) is 4.65. The van der Waals surface area contributed by atoms with Crippen LogP contribution in [0.5, 0.6) is 0 Å². The predicted octanol–water partition coefficient (Wildman–Crippen LogP) is 0.517. The van der Waals surface area contributed by atoms with Gasteiger partial charge in [-0.3, -0.25) is 9.69 Å². The molecule has 2 aliphatic heterocycles. The van der Waals surface area contributed by atoms with Crippen molar-refractivity contribution in [3.05, 3.63) is 24.0 Å². The van der Waals surface area contributed by atoms with E-state index in [0.29, 0.717) is 37.3 Å². The van der Waals surface area contributed by atoms with Gasteiger partial charge in [-0.05, 0) is 18.2 Å². The number of halogens is 1. The zero-order valence-corrected chi connectivity index (χ0v) is 16.1. The first-order chi connectivity index (χ1) is 13.8. The third-order valence-electron chi connectivity index (χ3n) is 4.68. The van der Waals surface area contributed by atoms with E-state index in [-0.39, 0.29) is 25.0 Å². The maximum Gasteiger partial charge on any atom is 0.414 e. The fraction of sp³-hybridized carbons (Fsp3) is 0.444. The van der Waals surface area contributed by atoms with Crippen molar-refractivity contribution in [2.24, 2.45) is 21.7 Å². The van der Waals surface area contributed by atoms with Gasteiger partial charge in [0.15, 0.2) is 0 Å². The maximum absolute atomic E-state index is 14.8. The van der Waals surface area contributed by atoms with Crippen LogP contribution in [0.15, 0.2) is 28.4 Å². The van der Waals surface area contributed by atoms with E-state index in [9.17, 15) is 14.0 Å². The molecule has 1 atom stereocenters. The van der Waals surface area contributed by atoms with E-state index in [2.05, 4.69) is 15.5 Å². The first-order valence-corrected chi connectivity index (χ1v) is 9.25. The van der Waals surface area contributed by atoms with E-state index in [0.717, 1.165) is 5.71 Å². The van der Waals surface area contributed by atoms with Gasteiger partial charge in [-0.1, -0.05) is 0 Å². The molecule has 0 spiro atoms. The van der Waals surface area contributed by atoms with E-state index < -0.39 is 18.0 Å². The summed E-state index contributed by atoms with van der Waals surface area (Å²) in [6.07, 6.45) is 0.216. The smallest absolute Gasteiger partial charge is 0.414 e. The Morgan fingerprint density at radius 2 is 2.07 bits per heavy atom. The highest BCUT2D eigenvalue weighted by molar-refractivity contribution is 5.90. The Morgan fingerprint density at radius 1 is 1.34 bits per heavy atom. The minimum absolute atomic E-state index is 0.0960. The Bertz CT molecular complexity index is 844. The van der Waals surface area contributed by atoms with Gasteiger partial charge in [-0.2, -0.15) is 5.10 Å². The number of benzene rings is 1. The average molecular weight is 405 g/mol. The van der Waals surface area contributed by atoms with Gasteiger partial charge < -0.3 is 26.4 Å². The summed E-state index contributed by atoms with van der Waals surface area (Å²) >= 11 is 0. The first-order valence-electron chi connectivity index (χ1n) is 9.25. The van der Waals surface area contributed by atoms with Gasteiger partial charge in [0, 0.05) is 38.6 Å². The molecule has 3 rings (SSSR count). The van der Waals surface area contributed by atoms with Crippen molar-refractivity contribution in [1.82, 2.24) is 5.32 Å². The monoisotopic (exact) mass is 405 g/mol. The lowest BCUT2D eigenvalue weighted by atomic mass is 10.1. The van der Waals surface area contributed by atoms with Crippen molar-refractivity contribution in [3.8, 4) is 0 Å². The molecule has 156 valence electrons. The number of ether oxygens (including phenoxy) is 1. The topological polar surface area (TPSA) is 139 Å². The Kier molecular flexibility index (Phi) is 6.15. The van der Waals surface area contributed by atoms with E-state index in [1.165, 1.54) is 17.9 Å². The molecule has 10 nitrogen and oxygen atoms in total. The molecule has 1 unspecified atom stereocenters. The lowest BCUT2D eigenvalue weighted by Crippen LogP contribution is -2.35. The third kappa shape index (κ3) is 5.12. The third-order valence-corrected chi connectivity index (χ3v) is 4.68. The highest BCUT2D eigenvalue weighted by Crippen LogP contribution is 2.29. The number of nitrogens with zero attached hydrogens (tertiary/aromatic N) is 4. The summed E-state index contributed by atoms with van der Waals surface area (Å²) in [6.45, 7) is 3.01. The average Bonchev–Trinajstić information content (AvgIpc) is 3.06. The molecule has 2 aliphatic rings. The lowest BCUT2D eigenvalue weighted by molar-refractivity contribution is -0.119. The van der Waals surface area contributed by atoms with Crippen LogP contribution in [0.3, 0.4) is 0 Å². The van der Waals surface area contributed by atoms with Crippen molar-refractivity contribution < 1.29 is 18.7 Å². The molecule has 2 amide bonds. The molecule has 0 radical (unpaired) electrons.